The molecule has 0 saturated carbocycles. The van der Waals surface area contributed by atoms with Crippen LogP contribution in [0.5, 0.6) is 0 Å². The molecule has 0 atom stereocenters. The molecule has 0 aliphatic rings. The average molecular weight is 376 g/mol. The average Bonchev–Trinajstić information content (AvgIpc) is 2.95. The molecule has 0 radical (unpaired) electrons. The van der Waals surface area contributed by atoms with Gasteiger partial charge >= 0.3 is 0 Å². The fraction of sp³-hybridized carbons (Fsp3) is 0.312. The molecule has 0 fully saturated rings. The van der Waals surface area contributed by atoms with E-state index in [2.05, 4.69) is 25.6 Å². The number of amides is 1. The van der Waals surface area contributed by atoms with Crippen molar-refractivity contribution < 1.29 is 9.18 Å². The molecule has 2 heterocycles. The van der Waals surface area contributed by atoms with Gasteiger partial charge in [0.25, 0.3) is 11.3 Å². The maximum absolute atomic E-state index is 13.6. The quantitative estimate of drug-likeness (QED) is 0.675. The predicted octanol–water partition coefficient (Wildman–Crippen LogP) is 1.98. The number of nitrogens with zero attached hydrogens (tertiary/aromatic N) is 4. The monoisotopic (exact) mass is 376 g/mol. The molecule has 0 aliphatic carbocycles. The fourth-order valence-corrected chi connectivity index (χ4v) is 2.88. The number of rotatable bonds is 4. The van der Waals surface area contributed by atoms with Crippen molar-refractivity contribution in [2.24, 2.45) is 0 Å². The van der Waals surface area contributed by atoms with Gasteiger partial charge in [-0.3, -0.25) is 14.6 Å². The summed E-state index contributed by atoms with van der Waals surface area (Å²) in [5, 5.41) is 15.0. The number of hydrogen-bond acceptors (Lipinski definition) is 6. The number of nitrogens with one attached hydrogen (secondary N) is 2. The van der Waals surface area contributed by atoms with E-state index in [9.17, 15) is 14.0 Å². The van der Waals surface area contributed by atoms with E-state index >= 15 is 0 Å². The SMILES string of the molecule is CC(C)(C)c1nn2c(SCC(=O)Nc3ccccc3F)nnc2[nH]c1=O. The summed E-state index contributed by atoms with van der Waals surface area (Å²) < 4.78 is 15.0. The van der Waals surface area contributed by atoms with Crippen molar-refractivity contribution in [3.63, 3.8) is 0 Å². The molecule has 3 rings (SSSR count). The van der Waals surface area contributed by atoms with Crippen LogP contribution in [0.15, 0.2) is 34.2 Å². The number of fused-ring (bicyclic) bond motifs is 1. The number of hydrogen-bond donors (Lipinski definition) is 2. The number of carbonyl (C=O) groups is 1. The summed E-state index contributed by atoms with van der Waals surface area (Å²) in [6.07, 6.45) is 0. The molecule has 136 valence electrons. The van der Waals surface area contributed by atoms with Crippen molar-refractivity contribution in [2.75, 3.05) is 11.1 Å². The second-order valence-electron chi connectivity index (χ2n) is 6.59. The molecule has 0 aliphatic heterocycles. The summed E-state index contributed by atoms with van der Waals surface area (Å²) in [7, 11) is 0. The molecular weight excluding hydrogens is 359 g/mol. The lowest BCUT2D eigenvalue weighted by Gasteiger charge is -2.15. The van der Waals surface area contributed by atoms with Crippen LogP contribution in [-0.4, -0.2) is 36.5 Å². The lowest BCUT2D eigenvalue weighted by Crippen LogP contribution is -2.28. The Hall–Kier alpha value is -2.75. The Labute approximate surface area is 152 Å². The zero-order chi connectivity index (χ0) is 18.9. The molecular formula is C16H17FN6O2S. The first-order valence-electron chi connectivity index (χ1n) is 7.79. The van der Waals surface area contributed by atoms with Gasteiger partial charge in [-0.1, -0.05) is 44.7 Å². The van der Waals surface area contributed by atoms with Crippen LogP contribution in [-0.2, 0) is 10.2 Å². The smallest absolute Gasteiger partial charge is 0.274 e. The minimum absolute atomic E-state index is 0.0131. The lowest BCUT2D eigenvalue weighted by molar-refractivity contribution is -0.113. The molecule has 1 amide bonds. The van der Waals surface area contributed by atoms with Crippen LogP contribution >= 0.6 is 11.8 Å². The number of aromatic amines is 1. The van der Waals surface area contributed by atoms with Crippen molar-refractivity contribution in [1.29, 1.82) is 0 Å². The van der Waals surface area contributed by atoms with Crippen LogP contribution in [0.2, 0.25) is 0 Å². The number of carbonyl (C=O) groups excluding carboxylic acids is 1. The maximum Gasteiger partial charge on any atom is 0.274 e. The van der Waals surface area contributed by atoms with Crippen molar-refractivity contribution in [2.45, 2.75) is 31.3 Å². The molecule has 0 unspecified atom stereocenters. The van der Waals surface area contributed by atoms with E-state index < -0.39 is 17.1 Å². The van der Waals surface area contributed by atoms with E-state index in [1.54, 1.807) is 12.1 Å². The lowest BCUT2D eigenvalue weighted by atomic mass is 9.93. The highest BCUT2D eigenvalue weighted by Crippen LogP contribution is 2.19. The third-order valence-electron chi connectivity index (χ3n) is 3.44. The Balaban J connectivity index is 1.78. The Bertz CT molecular complexity index is 1020. The Morgan fingerprint density at radius 3 is 2.73 bits per heavy atom. The van der Waals surface area contributed by atoms with E-state index in [1.165, 1.54) is 16.6 Å². The topological polar surface area (TPSA) is 105 Å². The van der Waals surface area contributed by atoms with Crippen molar-refractivity contribution in [3.05, 3.63) is 46.1 Å². The number of halogens is 1. The first kappa shape index (κ1) is 18.1. The summed E-state index contributed by atoms with van der Waals surface area (Å²) in [6, 6.07) is 5.92. The second-order valence-corrected chi connectivity index (χ2v) is 7.53. The molecule has 1 aromatic carbocycles. The number of H-pyrrole nitrogens is 1. The molecule has 8 nitrogen and oxygen atoms in total. The van der Waals surface area contributed by atoms with Crippen LogP contribution in [0.4, 0.5) is 10.1 Å². The predicted molar refractivity (Wildman–Crippen MR) is 95.9 cm³/mol. The molecule has 26 heavy (non-hydrogen) atoms. The van der Waals surface area contributed by atoms with Gasteiger partial charge < -0.3 is 5.32 Å². The van der Waals surface area contributed by atoms with Crippen LogP contribution < -0.4 is 10.9 Å². The van der Waals surface area contributed by atoms with Crippen molar-refractivity contribution in [3.8, 4) is 0 Å². The highest BCUT2D eigenvalue weighted by molar-refractivity contribution is 7.99. The number of aromatic nitrogens is 5. The maximum atomic E-state index is 13.6. The minimum Gasteiger partial charge on any atom is -0.323 e. The normalized spacial score (nSPS) is 11.7. The first-order valence-corrected chi connectivity index (χ1v) is 8.77. The fourth-order valence-electron chi connectivity index (χ4n) is 2.20. The molecule has 0 saturated heterocycles. The Kier molecular flexibility index (Phi) is 4.77. The largest absolute Gasteiger partial charge is 0.323 e. The van der Waals surface area contributed by atoms with Gasteiger partial charge in [-0.15, -0.1) is 10.2 Å². The summed E-state index contributed by atoms with van der Waals surface area (Å²) in [5.74, 6) is -0.717. The zero-order valence-corrected chi connectivity index (χ0v) is 15.2. The van der Waals surface area contributed by atoms with E-state index in [1.807, 2.05) is 20.8 Å². The van der Waals surface area contributed by atoms with Crippen molar-refractivity contribution in [1.82, 2.24) is 24.8 Å². The van der Waals surface area contributed by atoms with Crippen LogP contribution in [0, 0.1) is 5.82 Å². The molecule has 2 N–H and O–H groups in total. The minimum atomic E-state index is -0.507. The van der Waals surface area contributed by atoms with Gasteiger partial charge in [-0.2, -0.15) is 9.61 Å². The summed E-state index contributed by atoms with van der Waals surface area (Å²) >= 11 is 1.09. The summed E-state index contributed by atoms with van der Waals surface area (Å²) in [6.45, 7) is 5.61. The van der Waals surface area contributed by atoms with Gasteiger partial charge in [0.15, 0.2) is 0 Å². The van der Waals surface area contributed by atoms with Crippen molar-refractivity contribution >= 4 is 29.1 Å². The number of thioether (sulfide) groups is 1. The van der Waals surface area contributed by atoms with E-state index in [0.29, 0.717) is 10.9 Å². The van der Waals surface area contributed by atoms with Gasteiger partial charge in [0.1, 0.15) is 11.5 Å². The number of benzene rings is 1. The number of para-hydroxylation sites is 1. The summed E-state index contributed by atoms with van der Waals surface area (Å²) in [5.41, 5.74) is -0.341. The number of anilines is 1. The van der Waals surface area contributed by atoms with Gasteiger partial charge in [0.2, 0.25) is 11.1 Å². The van der Waals surface area contributed by atoms with Crippen LogP contribution in [0.3, 0.4) is 0 Å². The molecule has 10 heteroatoms. The third-order valence-corrected chi connectivity index (χ3v) is 4.36. The van der Waals surface area contributed by atoms with E-state index in [0.717, 1.165) is 11.8 Å². The van der Waals surface area contributed by atoms with Gasteiger partial charge in [0, 0.05) is 5.41 Å². The Morgan fingerprint density at radius 1 is 1.31 bits per heavy atom. The standard InChI is InChI=1S/C16H17FN6O2S/c1-16(2,3)12-13(25)19-14-20-21-15(23(14)22-12)26-8-11(24)18-10-7-5-4-6-9(10)17/h4-7H,8H2,1-3H3,(H,18,24)(H,19,20,25). The van der Waals surface area contributed by atoms with E-state index in [4.69, 9.17) is 0 Å². The van der Waals surface area contributed by atoms with Crippen LogP contribution in [0.1, 0.15) is 26.5 Å². The van der Waals surface area contributed by atoms with Gasteiger partial charge in [0.05, 0.1) is 11.4 Å². The highest BCUT2D eigenvalue weighted by Gasteiger charge is 2.22. The molecule has 0 spiro atoms. The Morgan fingerprint density at radius 2 is 2.04 bits per heavy atom. The molecule has 2 aromatic heterocycles. The summed E-state index contributed by atoms with van der Waals surface area (Å²) in [4.78, 5) is 26.8. The first-order chi connectivity index (χ1) is 12.3. The van der Waals surface area contributed by atoms with Crippen LogP contribution in [0.25, 0.3) is 5.78 Å². The van der Waals surface area contributed by atoms with E-state index in [-0.39, 0.29) is 22.8 Å². The third kappa shape index (κ3) is 3.74. The van der Waals surface area contributed by atoms with Gasteiger partial charge in [-0.05, 0) is 12.1 Å². The zero-order valence-electron chi connectivity index (χ0n) is 14.4. The molecule has 3 aromatic rings. The highest BCUT2D eigenvalue weighted by atomic mass is 32.2. The van der Waals surface area contributed by atoms with Gasteiger partial charge in [-0.25, -0.2) is 4.39 Å². The molecule has 0 bridgehead atoms. The second kappa shape index (κ2) is 6.87.